The second kappa shape index (κ2) is 6.13. The first-order valence-electron chi connectivity index (χ1n) is 3.87. The van der Waals surface area contributed by atoms with Crippen LogP contribution in [0, 0.1) is 0 Å². The molecule has 2 nitrogen and oxygen atoms in total. The molecule has 1 aromatic carbocycles. The molecule has 0 aliphatic heterocycles. The van der Waals surface area contributed by atoms with Gasteiger partial charge in [-0.15, -0.1) is 11.6 Å². The van der Waals surface area contributed by atoms with Gasteiger partial charge < -0.3 is 8.92 Å². The Kier molecular flexibility index (Phi) is 5.05. The lowest BCUT2D eigenvalue weighted by Gasteiger charge is -2.05. The zero-order valence-electron chi connectivity index (χ0n) is 7.33. The van der Waals surface area contributed by atoms with Crippen molar-refractivity contribution in [2.24, 2.45) is 0 Å². The Labute approximate surface area is 87.4 Å². The minimum atomic E-state index is 0.502. The molecule has 0 spiro atoms. The third-order valence-corrected chi connectivity index (χ3v) is 2.33. The highest BCUT2D eigenvalue weighted by atomic mass is 35.5. The van der Waals surface area contributed by atoms with Crippen molar-refractivity contribution >= 4 is 23.6 Å². The number of rotatable bonds is 5. The molecule has 0 saturated carbocycles. The highest BCUT2D eigenvalue weighted by Crippen LogP contribution is 2.28. The third-order valence-electron chi connectivity index (χ3n) is 1.38. The number of methoxy groups -OCH3 is 1. The third kappa shape index (κ3) is 3.46. The molecular weight excluding hydrogens is 208 g/mol. The van der Waals surface area contributed by atoms with Crippen molar-refractivity contribution in [3.63, 3.8) is 0 Å². The molecular formula is C9H11ClO2S. The highest BCUT2D eigenvalue weighted by molar-refractivity contribution is 7.94. The summed E-state index contributed by atoms with van der Waals surface area (Å²) >= 11 is 6.76. The second-order valence-electron chi connectivity index (χ2n) is 2.25. The van der Waals surface area contributed by atoms with Gasteiger partial charge in [0.2, 0.25) is 0 Å². The first-order chi connectivity index (χ1) is 6.38. The average molecular weight is 219 g/mol. The zero-order valence-corrected chi connectivity index (χ0v) is 8.90. The van der Waals surface area contributed by atoms with Crippen LogP contribution in [0.3, 0.4) is 0 Å². The van der Waals surface area contributed by atoms with Gasteiger partial charge in [0.1, 0.15) is 5.75 Å². The topological polar surface area (TPSA) is 18.5 Å². The molecule has 0 heterocycles. The fourth-order valence-electron chi connectivity index (χ4n) is 0.824. The molecule has 0 aliphatic carbocycles. The number of para-hydroxylation sites is 1. The molecule has 0 N–H and O–H groups in total. The van der Waals surface area contributed by atoms with E-state index in [0.29, 0.717) is 12.5 Å². The van der Waals surface area contributed by atoms with Crippen molar-refractivity contribution in [3.05, 3.63) is 24.3 Å². The van der Waals surface area contributed by atoms with Crippen LogP contribution in [0.15, 0.2) is 29.2 Å². The molecule has 1 aromatic rings. The van der Waals surface area contributed by atoms with Crippen LogP contribution < -0.4 is 4.74 Å². The molecule has 0 unspecified atom stereocenters. The van der Waals surface area contributed by atoms with Crippen LogP contribution in [-0.4, -0.2) is 19.6 Å². The first kappa shape index (κ1) is 10.7. The summed E-state index contributed by atoms with van der Waals surface area (Å²) in [5.74, 6) is 1.32. The van der Waals surface area contributed by atoms with Crippen LogP contribution in [0.5, 0.6) is 5.75 Å². The monoisotopic (exact) mass is 218 g/mol. The maximum Gasteiger partial charge on any atom is 0.134 e. The second-order valence-corrected chi connectivity index (χ2v) is 3.47. The Morgan fingerprint density at radius 2 is 2.15 bits per heavy atom. The summed E-state index contributed by atoms with van der Waals surface area (Å²) in [5.41, 5.74) is 0. The molecule has 0 amide bonds. The number of hydrogen-bond donors (Lipinski definition) is 0. The summed E-state index contributed by atoms with van der Waals surface area (Å²) in [6, 6.07) is 7.70. The van der Waals surface area contributed by atoms with E-state index >= 15 is 0 Å². The lowest BCUT2D eigenvalue weighted by molar-refractivity contribution is 0.389. The lowest BCUT2D eigenvalue weighted by Crippen LogP contribution is -1.89. The number of hydrogen-bond acceptors (Lipinski definition) is 3. The fraction of sp³-hybridized carbons (Fsp3) is 0.333. The quantitative estimate of drug-likeness (QED) is 0.430. The molecule has 0 atom stereocenters. The van der Waals surface area contributed by atoms with Gasteiger partial charge in [0.25, 0.3) is 0 Å². The van der Waals surface area contributed by atoms with Gasteiger partial charge in [-0.2, -0.15) is 0 Å². The van der Waals surface area contributed by atoms with Gasteiger partial charge in [-0.1, -0.05) is 12.1 Å². The predicted octanol–water partition coefficient (Wildman–Crippen LogP) is 2.96. The van der Waals surface area contributed by atoms with Gasteiger partial charge in [-0.25, -0.2) is 0 Å². The van der Waals surface area contributed by atoms with Gasteiger partial charge in [0.05, 0.1) is 18.6 Å². The summed E-state index contributed by atoms with van der Waals surface area (Å²) < 4.78 is 10.4. The highest BCUT2D eigenvalue weighted by Gasteiger charge is 2.01. The smallest absolute Gasteiger partial charge is 0.134 e. The minimum absolute atomic E-state index is 0.502. The summed E-state index contributed by atoms with van der Waals surface area (Å²) in [5, 5.41) is 0. The normalized spacial score (nSPS) is 10.0. The number of halogens is 1. The van der Waals surface area contributed by atoms with E-state index in [9.17, 15) is 0 Å². The molecule has 0 saturated heterocycles. The largest absolute Gasteiger partial charge is 0.496 e. The maximum atomic E-state index is 5.47. The van der Waals surface area contributed by atoms with E-state index in [1.54, 1.807) is 7.11 Å². The summed E-state index contributed by atoms with van der Waals surface area (Å²) in [6.07, 6.45) is 0. The molecule has 13 heavy (non-hydrogen) atoms. The van der Waals surface area contributed by atoms with Crippen molar-refractivity contribution in [2.45, 2.75) is 4.90 Å². The van der Waals surface area contributed by atoms with Gasteiger partial charge in [-0.05, 0) is 12.1 Å². The van der Waals surface area contributed by atoms with Crippen molar-refractivity contribution in [2.75, 3.05) is 19.6 Å². The van der Waals surface area contributed by atoms with Crippen LogP contribution in [0.4, 0.5) is 0 Å². The average Bonchev–Trinajstić information content (AvgIpc) is 2.19. The first-order valence-corrected chi connectivity index (χ1v) is 5.14. The number of ether oxygens (including phenoxy) is 1. The van der Waals surface area contributed by atoms with E-state index in [1.165, 1.54) is 12.0 Å². The van der Waals surface area contributed by atoms with E-state index in [4.69, 9.17) is 20.5 Å². The molecule has 0 bridgehead atoms. The van der Waals surface area contributed by atoms with Gasteiger partial charge in [-0.3, -0.25) is 0 Å². The Hall–Kier alpha value is -0.380. The van der Waals surface area contributed by atoms with E-state index < -0.39 is 0 Å². The van der Waals surface area contributed by atoms with Crippen LogP contribution in [0.1, 0.15) is 0 Å². The van der Waals surface area contributed by atoms with Crippen LogP contribution >= 0.6 is 23.6 Å². The van der Waals surface area contributed by atoms with E-state index in [2.05, 4.69) is 0 Å². The van der Waals surface area contributed by atoms with E-state index in [1.807, 2.05) is 24.3 Å². The minimum Gasteiger partial charge on any atom is -0.496 e. The van der Waals surface area contributed by atoms with Crippen molar-refractivity contribution in [1.82, 2.24) is 0 Å². The molecule has 0 aliphatic rings. The Morgan fingerprint density at radius 1 is 1.38 bits per heavy atom. The van der Waals surface area contributed by atoms with Crippen LogP contribution in [0.25, 0.3) is 0 Å². The van der Waals surface area contributed by atoms with Crippen molar-refractivity contribution < 1.29 is 8.92 Å². The maximum absolute atomic E-state index is 5.47. The number of alkyl halides is 1. The SMILES string of the molecule is COc1ccccc1SOCCCl. The van der Waals surface area contributed by atoms with Crippen molar-refractivity contribution in [1.29, 1.82) is 0 Å². The van der Waals surface area contributed by atoms with E-state index in [-0.39, 0.29) is 0 Å². The van der Waals surface area contributed by atoms with Crippen LogP contribution in [-0.2, 0) is 4.18 Å². The summed E-state index contributed by atoms with van der Waals surface area (Å²) in [7, 11) is 1.64. The summed E-state index contributed by atoms with van der Waals surface area (Å²) in [6.45, 7) is 0.532. The Balaban J connectivity index is 2.54. The van der Waals surface area contributed by atoms with Gasteiger partial charge in [0, 0.05) is 17.9 Å². The van der Waals surface area contributed by atoms with Crippen LogP contribution in [0.2, 0.25) is 0 Å². The van der Waals surface area contributed by atoms with E-state index in [0.717, 1.165) is 10.6 Å². The molecule has 4 heteroatoms. The molecule has 0 fully saturated rings. The Morgan fingerprint density at radius 3 is 2.85 bits per heavy atom. The summed E-state index contributed by atoms with van der Waals surface area (Å²) in [4.78, 5) is 0.968. The molecule has 72 valence electrons. The van der Waals surface area contributed by atoms with Crippen molar-refractivity contribution in [3.8, 4) is 5.75 Å². The standard InChI is InChI=1S/C9H11ClO2S/c1-11-8-4-2-3-5-9(8)13-12-7-6-10/h2-5H,6-7H2,1H3. The number of benzene rings is 1. The van der Waals surface area contributed by atoms with Gasteiger partial charge in [0.15, 0.2) is 0 Å². The zero-order chi connectivity index (χ0) is 9.52. The molecule has 1 rings (SSSR count). The lowest BCUT2D eigenvalue weighted by atomic mass is 10.3. The molecule has 0 aromatic heterocycles. The Bertz CT molecular complexity index is 255. The van der Waals surface area contributed by atoms with Gasteiger partial charge >= 0.3 is 0 Å². The predicted molar refractivity (Wildman–Crippen MR) is 55.5 cm³/mol. The molecule has 0 radical (unpaired) electrons. The fourth-order valence-corrected chi connectivity index (χ4v) is 1.65.